The van der Waals surface area contributed by atoms with E-state index in [2.05, 4.69) is 9.64 Å². The lowest BCUT2D eigenvalue weighted by Gasteiger charge is -2.14. The highest BCUT2D eigenvalue weighted by atomic mass is 16.5. The van der Waals surface area contributed by atoms with Crippen LogP contribution in [0.15, 0.2) is 0 Å². The zero-order valence-corrected chi connectivity index (χ0v) is 12.1. The minimum Gasteiger partial charge on any atom is -0.462 e. The SMILES string of the molecule is CC.CC(C)(C)OC=O.CN1CC(N)C(N)C1. The number of nitrogens with zero attached hydrogens (tertiary/aromatic N) is 1. The Balaban J connectivity index is 0. The Morgan fingerprint density at radius 1 is 1.18 bits per heavy atom. The fourth-order valence-electron chi connectivity index (χ4n) is 1.21. The molecule has 0 aliphatic carbocycles. The second kappa shape index (κ2) is 9.39. The van der Waals surface area contributed by atoms with Crippen LogP contribution in [0.1, 0.15) is 34.6 Å². The summed E-state index contributed by atoms with van der Waals surface area (Å²) in [5, 5.41) is 0. The number of ether oxygens (including phenoxy) is 1. The number of hydrogen-bond donors (Lipinski definition) is 2. The summed E-state index contributed by atoms with van der Waals surface area (Å²) in [4.78, 5) is 11.7. The van der Waals surface area contributed by atoms with Crippen LogP contribution < -0.4 is 11.5 Å². The third-order valence-corrected chi connectivity index (χ3v) is 2.00. The summed E-state index contributed by atoms with van der Waals surface area (Å²) in [7, 11) is 2.03. The van der Waals surface area contributed by atoms with Gasteiger partial charge in [0, 0.05) is 25.2 Å². The van der Waals surface area contributed by atoms with Gasteiger partial charge in [0.05, 0.1) is 0 Å². The van der Waals surface area contributed by atoms with Gasteiger partial charge in [0.15, 0.2) is 0 Å². The molecule has 17 heavy (non-hydrogen) atoms. The van der Waals surface area contributed by atoms with Crippen LogP contribution in [0, 0.1) is 0 Å². The predicted molar refractivity (Wildman–Crippen MR) is 71.7 cm³/mol. The normalized spacial score (nSPS) is 24.0. The lowest BCUT2D eigenvalue weighted by atomic mass is 10.2. The summed E-state index contributed by atoms with van der Waals surface area (Å²) in [6, 6.07) is 0.389. The van der Waals surface area contributed by atoms with Gasteiger partial charge in [-0.1, -0.05) is 13.8 Å². The number of likely N-dealkylation sites (tertiary alicyclic amines) is 1. The molecule has 0 aromatic carbocycles. The molecule has 5 heteroatoms. The van der Waals surface area contributed by atoms with E-state index in [9.17, 15) is 4.79 Å². The summed E-state index contributed by atoms with van der Waals surface area (Å²) < 4.78 is 4.55. The number of carbonyl (C=O) groups is 1. The van der Waals surface area contributed by atoms with E-state index >= 15 is 0 Å². The van der Waals surface area contributed by atoms with Gasteiger partial charge in [-0.3, -0.25) is 4.79 Å². The van der Waals surface area contributed by atoms with Crippen LogP contribution in [0.3, 0.4) is 0 Å². The van der Waals surface area contributed by atoms with Gasteiger partial charge in [-0.25, -0.2) is 0 Å². The van der Waals surface area contributed by atoms with Crippen molar-refractivity contribution in [2.75, 3.05) is 20.1 Å². The van der Waals surface area contributed by atoms with E-state index in [1.54, 1.807) is 0 Å². The standard InChI is InChI=1S/C5H13N3.C5H10O2.C2H6/c1-8-2-4(6)5(7)3-8;1-5(2,3)7-4-6;1-2/h4-5H,2-3,6-7H2,1H3;4H,1-3H3;1-2H3. The average molecular weight is 247 g/mol. The number of hydrogen-bond acceptors (Lipinski definition) is 5. The molecule has 1 fully saturated rings. The van der Waals surface area contributed by atoms with Gasteiger partial charge in [0.25, 0.3) is 6.47 Å². The summed E-state index contributed by atoms with van der Waals surface area (Å²) in [5.74, 6) is 0. The van der Waals surface area contributed by atoms with Crippen molar-refractivity contribution >= 4 is 6.47 Å². The monoisotopic (exact) mass is 247 g/mol. The Hall–Kier alpha value is -0.650. The summed E-state index contributed by atoms with van der Waals surface area (Å²) in [6.07, 6.45) is 0. The molecular weight excluding hydrogens is 218 g/mol. The largest absolute Gasteiger partial charge is 0.462 e. The fraction of sp³-hybridized carbons (Fsp3) is 0.917. The maximum Gasteiger partial charge on any atom is 0.293 e. The van der Waals surface area contributed by atoms with Crippen LogP contribution in [-0.2, 0) is 9.53 Å². The first-order valence-electron chi connectivity index (χ1n) is 6.07. The Morgan fingerprint density at radius 3 is 1.59 bits per heavy atom. The molecule has 0 aromatic rings. The molecule has 5 nitrogen and oxygen atoms in total. The van der Waals surface area contributed by atoms with Crippen molar-refractivity contribution < 1.29 is 9.53 Å². The lowest BCUT2D eigenvalue weighted by Crippen LogP contribution is -2.39. The molecule has 2 unspecified atom stereocenters. The smallest absolute Gasteiger partial charge is 0.293 e. The Bertz CT molecular complexity index is 183. The maximum atomic E-state index is 9.60. The van der Waals surface area contributed by atoms with E-state index in [-0.39, 0.29) is 17.7 Å². The van der Waals surface area contributed by atoms with Crippen LogP contribution in [0.4, 0.5) is 0 Å². The molecule has 1 aliphatic heterocycles. The molecule has 1 heterocycles. The van der Waals surface area contributed by atoms with Crippen LogP contribution in [0.2, 0.25) is 0 Å². The second-order valence-electron chi connectivity index (χ2n) is 4.88. The summed E-state index contributed by atoms with van der Waals surface area (Å²) in [6.45, 7) is 11.8. The first-order valence-corrected chi connectivity index (χ1v) is 6.07. The first-order chi connectivity index (χ1) is 7.76. The van der Waals surface area contributed by atoms with Crippen molar-refractivity contribution in [2.24, 2.45) is 11.5 Å². The molecule has 1 aliphatic rings. The third-order valence-electron chi connectivity index (χ3n) is 2.00. The second-order valence-corrected chi connectivity index (χ2v) is 4.88. The van der Waals surface area contributed by atoms with Crippen molar-refractivity contribution in [2.45, 2.75) is 52.3 Å². The van der Waals surface area contributed by atoms with Gasteiger partial charge >= 0.3 is 0 Å². The molecule has 0 radical (unpaired) electrons. The van der Waals surface area contributed by atoms with E-state index < -0.39 is 0 Å². The summed E-state index contributed by atoms with van der Waals surface area (Å²) >= 11 is 0. The maximum absolute atomic E-state index is 9.60. The molecule has 104 valence electrons. The highest BCUT2D eigenvalue weighted by Crippen LogP contribution is 2.02. The van der Waals surface area contributed by atoms with E-state index in [0.717, 1.165) is 13.1 Å². The minimum atomic E-state index is -0.318. The van der Waals surface area contributed by atoms with Gasteiger partial charge in [0.2, 0.25) is 0 Å². The van der Waals surface area contributed by atoms with Crippen molar-refractivity contribution in [3.63, 3.8) is 0 Å². The van der Waals surface area contributed by atoms with Gasteiger partial charge in [0.1, 0.15) is 5.60 Å². The fourth-order valence-corrected chi connectivity index (χ4v) is 1.21. The van der Waals surface area contributed by atoms with Gasteiger partial charge in [-0.2, -0.15) is 0 Å². The van der Waals surface area contributed by atoms with Crippen LogP contribution >= 0.6 is 0 Å². The van der Waals surface area contributed by atoms with Crippen LogP contribution in [0.5, 0.6) is 0 Å². The molecular formula is C12H29N3O2. The molecule has 0 amide bonds. The Labute approximate surface area is 105 Å². The van der Waals surface area contributed by atoms with Gasteiger partial charge in [-0.15, -0.1) is 0 Å². The summed E-state index contributed by atoms with van der Waals surface area (Å²) in [5.41, 5.74) is 10.9. The Morgan fingerprint density at radius 2 is 1.53 bits per heavy atom. The molecule has 0 spiro atoms. The first kappa shape index (κ1) is 18.7. The lowest BCUT2D eigenvalue weighted by molar-refractivity contribution is -0.138. The van der Waals surface area contributed by atoms with Crippen LogP contribution in [-0.4, -0.2) is 49.2 Å². The van der Waals surface area contributed by atoms with E-state index in [1.807, 2.05) is 41.7 Å². The molecule has 0 aromatic heterocycles. The molecule has 0 saturated carbocycles. The minimum absolute atomic E-state index is 0.194. The van der Waals surface area contributed by atoms with Crippen molar-refractivity contribution in [3.8, 4) is 0 Å². The molecule has 0 bridgehead atoms. The van der Waals surface area contributed by atoms with Crippen molar-refractivity contribution in [3.05, 3.63) is 0 Å². The van der Waals surface area contributed by atoms with E-state index in [0.29, 0.717) is 6.47 Å². The molecule has 1 rings (SSSR count). The van der Waals surface area contributed by atoms with Crippen LogP contribution in [0.25, 0.3) is 0 Å². The topological polar surface area (TPSA) is 81.6 Å². The highest BCUT2D eigenvalue weighted by Gasteiger charge is 2.23. The van der Waals surface area contributed by atoms with Gasteiger partial charge in [-0.05, 0) is 27.8 Å². The Kier molecular flexibility index (Phi) is 10.3. The number of likely N-dealkylation sites (N-methyl/N-ethyl adjacent to an activating group) is 1. The zero-order chi connectivity index (χ0) is 14.1. The number of carbonyl (C=O) groups excluding carboxylic acids is 1. The highest BCUT2D eigenvalue weighted by molar-refractivity contribution is 5.37. The predicted octanol–water partition coefficient (Wildman–Crippen LogP) is 0.571. The number of nitrogens with two attached hydrogens (primary N) is 2. The molecule has 1 saturated heterocycles. The number of rotatable bonds is 1. The molecule has 2 atom stereocenters. The quantitative estimate of drug-likeness (QED) is 0.662. The van der Waals surface area contributed by atoms with E-state index in [4.69, 9.17) is 11.5 Å². The molecule has 4 N–H and O–H groups in total. The zero-order valence-electron chi connectivity index (χ0n) is 12.1. The van der Waals surface area contributed by atoms with Crippen molar-refractivity contribution in [1.82, 2.24) is 4.90 Å². The van der Waals surface area contributed by atoms with E-state index in [1.165, 1.54) is 0 Å². The average Bonchev–Trinajstić information content (AvgIpc) is 2.46. The third kappa shape index (κ3) is 11.6. The van der Waals surface area contributed by atoms with Gasteiger partial charge < -0.3 is 21.1 Å². The van der Waals surface area contributed by atoms with Crippen molar-refractivity contribution in [1.29, 1.82) is 0 Å².